The minimum atomic E-state index is -1.80. The molecule has 472 valence electrons. The number of carbonyl (C=O) groups is 12. The van der Waals surface area contributed by atoms with E-state index in [1.54, 1.807) is 55.4 Å². The zero-order valence-corrected chi connectivity index (χ0v) is 50.9. The third kappa shape index (κ3) is 22.4. The van der Waals surface area contributed by atoms with E-state index in [0.29, 0.717) is 32.1 Å². The Morgan fingerprint density at radius 2 is 1.05 bits per heavy atom. The number of carbonyl (C=O) groups excluding carboxylic acids is 12. The van der Waals surface area contributed by atoms with Crippen LogP contribution in [0.1, 0.15) is 146 Å². The van der Waals surface area contributed by atoms with Gasteiger partial charge in [-0.1, -0.05) is 132 Å². The van der Waals surface area contributed by atoms with Crippen LogP contribution in [-0.2, 0) is 68.7 Å². The fourth-order valence-corrected chi connectivity index (χ4v) is 9.05. The molecule has 0 unspecified atom stereocenters. The summed E-state index contributed by atoms with van der Waals surface area (Å²) >= 11 is 0. The number of benzene rings is 1. The molecule has 11 amide bonds. The number of nitrogens with two attached hydrogens (primary N) is 1. The molecule has 1 fully saturated rings. The van der Waals surface area contributed by atoms with Gasteiger partial charge >= 0.3 is 5.97 Å². The van der Waals surface area contributed by atoms with E-state index >= 15 is 0 Å². The Hall–Kier alpha value is -7.22. The molecular formula is C58H95N11O15. The fraction of sp³-hybridized carbons (Fsp3) is 0.690. The van der Waals surface area contributed by atoms with E-state index in [-0.39, 0.29) is 25.2 Å². The highest BCUT2D eigenvalue weighted by Crippen LogP contribution is 2.18. The first kappa shape index (κ1) is 72.9. The number of primary amides is 1. The summed E-state index contributed by atoms with van der Waals surface area (Å²) in [6, 6.07) is -4.96. The number of hydrogen-bond donors (Lipinski definition) is 13. The van der Waals surface area contributed by atoms with Crippen molar-refractivity contribution in [1.29, 1.82) is 0 Å². The quantitative estimate of drug-likeness (QED) is 0.0397. The van der Waals surface area contributed by atoms with Gasteiger partial charge in [-0.15, -0.1) is 0 Å². The van der Waals surface area contributed by atoms with E-state index < -0.39 is 187 Å². The Morgan fingerprint density at radius 3 is 1.52 bits per heavy atom. The van der Waals surface area contributed by atoms with Crippen molar-refractivity contribution in [3.8, 4) is 0 Å². The Labute approximate surface area is 493 Å². The summed E-state index contributed by atoms with van der Waals surface area (Å²) < 4.78 is 5.69. The smallest absolute Gasteiger partial charge is 0.329 e. The Morgan fingerprint density at radius 1 is 0.571 bits per heavy atom. The summed E-state index contributed by atoms with van der Waals surface area (Å²) in [6.45, 7) is 18.0. The van der Waals surface area contributed by atoms with Crippen molar-refractivity contribution in [2.45, 2.75) is 214 Å². The van der Waals surface area contributed by atoms with Crippen molar-refractivity contribution in [3.05, 3.63) is 35.9 Å². The maximum Gasteiger partial charge on any atom is 0.329 e. The van der Waals surface area contributed by atoms with E-state index in [2.05, 4.69) is 53.2 Å². The average Bonchev–Trinajstić information content (AvgIpc) is 3.52. The van der Waals surface area contributed by atoms with Crippen molar-refractivity contribution in [1.82, 2.24) is 53.2 Å². The first-order valence-electron chi connectivity index (χ1n) is 29.4. The average molecular weight is 1190 g/mol. The lowest BCUT2D eigenvalue weighted by Gasteiger charge is -2.31. The molecule has 16 atom stereocenters. The predicted octanol–water partition coefficient (Wildman–Crippen LogP) is -0.697. The molecule has 0 saturated carbocycles. The molecule has 0 aliphatic carbocycles. The Bertz CT molecular complexity index is 2400. The van der Waals surface area contributed by atoms with Gasteiger partial charge < -0.3 is 73.9 Å². The summed E-state index contributed by atoms with van der Waals surface area (Å²) in [7, 11) is 0. The number of aliphatic hydroxyl groups excluding tert-OH is 2. The van der Waals surface area contributed by atoms with Crippen LogP contribution in [0.2, 0.25) is 0 Å². The molecular weight excluding hydrogens is 1090 g/mol. The number of rotatable bonds is 32. The van der Waals surface area contributed by atoms with Gasteiger partial charge in [0.1, 0.15) is 66.5 Å². The number of esters is 1. The molecule has 0 aromatic heterocycles. The second-order valence-corrected chi connectivity index (χ2v) is 22.0. The van der Waals surface area contributed by atoms with E-state index in [4.69, 9.17) is 10.5 Å². The molecule has 1 saturated heterocycles. The van der Waals surface area contributed by atoms with Gasteiger partial charge in [-0.2, -0.15) is 0 Å². The van der Waals surface area contributed by atoms with E-state index in [9.17, 15) is 67.7 Å². The molecule has 84 heavy (non-hydrogen) atoms. The molecule has 0 bridgehead atoms. The maximum atomic E-state index is 14.4. The number of hydrogen-bond acceptors (Lipinski definition) is 15. The minimum Gasteiger partial charge on any atom is -0.458 e. The zero-order valence-electron chi connectivity index (χ0n) is 50.9. The lowest BCUT2D eigenvalue weighted by Crippen LogP contribution is -2.63. The van der Waals surface area contributed by atoms with Crippen LogP contribution in [0.4, 0.5) is 0 Å². The molecule has 1 aromatic rings. The van der Waals surface area contributed by atoms with Crippen molar-refractivity contribution >= 4 is 70.9 Å². The van der Waals surface area contributed by atoms with Gasteiger partial charge in [0.25, 0.3) is 0 Å². The van der Waals surface area contributed by atoms with Crippen molar-refractivity contribution in [3.63, 3.8) is 0 Å². The molecule has 1 aliphatic rings. The highest BCUT2D eigenvalue weighted by Gasteiger charge is 2.41. The molecule has 26 nitrogen and oxygen atoms in total. The molecule has 1 aromatic carbocycles. The Balaban J connectivity index is 2.40. The number of cyclic esters (lactones) is 1. The van der Waals surface area contributed by atoms with Crippen molar-refractivity contribution in [2.24, 2.45) is 35.3 Å². The summed E-state index contributed by atoms with van der Waals surface area (Å²) in [6.07, 6.45) is 0.690. The number of aliphatic hydroxyl groups is 2. The van der Waals surface area contributed by atoms with Gasteiger partial charge in [0.15, 0.2) is 0 Å². The van der Waals surface area contributed by atoms with Gasteiger partial charge in [-0.05, 0) is 68.8 Å². The Kier molecular flexibility index (Phi) is 31.7. The van der Waals surface area contributed by atoms with Crippen LogP contribution in [0, 0.1) is 29.6 Å². The first-order chi connectivity index (χ1) is 39.7. The number of nitrogens with one attached hydrogen (secondary N) is 10. The van der Waals surface area contributed by atoms with Crippen LogP contribution in [0.5, 0.6) is 0 Å². The minimum absolute atomic E-state index is 0.209. The largest absolute Gasteiger partial charge is 0.458 e. The van der Waals surface area contributed by atoms with Gasteiger partial charge in [-0.25, -0.2) is 4.79 Å². The number of amides is 11. The molecule has 2 rings (SSSR count). The molecule has 1 heterocycles. The molecule has 14 N–H and O–H groups in total. The van der Waals surface area contributed by atoms with Crippen LogP contribution in [0.25, 0.3) is 0 Å². The first-order valence-corrected chi connectivity index (χ1v) is 29.4. The van der Waals surface area contributed by atoms with Gasteiger partial charge in [0.2, 0.25) is 65.0 Å². The van der Waals surface area contributed by atoms with Gasteiger partial charge in [0.05, 0.1) is 13.2 Å². The highest BCUT2D eigenvalue weighted by atomic mass is 16.5. The van der Waals surface area contributed by atoms with E-state index in [0.717, 1.165) is 5.56 Å². The van der Waals surface area contributed by atoms with E-state index in [1.165, 1.54) is 13.8 Å². The lowest BCUT2D eigenvalue weighted by molar-refractivity contribution is -0.157. The normalized spacial score (nSPS) is 21.6. The monoisotopic (exact) mass is 1190 g/mol. The fourth-order valence-electron chi connectivity index (χ4n) is 9.05. The highest BCUT2D eigenvalue weighted by molar-refractivity contribution is 5.99. The summed E-state index contributed by atoms with van der Waals surface area (Å²) in [4.78, 5) is 164. The second kappa shape index (κ2) is 36.5. The predicted molar refractivity (Wildman–Crippen MR) is 310 cm³/mol. The third-order valence-electron chi connectivity index (χ3n) is 15.6. The van der Waals surface area contributed by atoms with Crippen LogP contribution in [0.15, 0.2) is 30.3 Å². The maximum absolute atomic E-state index is 14.4. The van der Waals surface area contributed by atoms with Crippen LogP contribution in [0.3, 0.4) is 0 Å². The van der Waals surface area contributed by atoms with Gasteiger partial charge in [-0.3, -0.25) is 52.7 Å². The molecule has 0 radical (unpaired) electrons. The zero-order chi connectivity index (χ0) is 63.5. The van der Waals surface area contributed by atoms with Crippen LogP contribution >= 0.6 is 0 Å². The topological polar surface area (TPSA) is 401 Å². The second-order valence-electron chi connectivity index (χ2n) is 22.0. The van der Waals surface area contributed by atoms with Gasteiger partial charge in [0, 0.05) is 12.3 Å². The molecule has 26 heteroatoms. The SMILES string of the molecule is CCC[C@@H]1NC(=O)[C@H](C)NC(=O)[C@H](NC(=O)[C@H](CO)NC(=O)[C@@H](NC(=O)[C@H](NC(=O)[C@@H](CCC(N)=O)NC(=O)[C@H](CO)NC(=O)[C@@H](NC(=O)[C@H](CC)Cc2ccccc2)[C@@H](C)CC)[C@H](C)CC)[C@@H](C)CC)[C@H](C)OC(=O)[C@H]([C@@H](C)CC)NC1=O. The molecule has 0 spiro atoms. The van der Waals surface area contributed by atoms with Crippen LogP contribution < -0.4 is 58.9 Å². The van der Waals surface area contributed by atoms with E-state index in [1.807, 2.05) is 44.2 Å². The standard InChI is InChI=1S/C58H95N11O15/c1-13-22-38-50(75)68-46(33(10)17-5)58(83)84-35(12)47(57(82)60-34(11)48(73)61-38)69-53(78)41(29-71)64-55(80)44(31(8)15-3)67-56(81)45(32(9)16-4)66-51(76)39(25-26-42(59)72)62-52(77)40(28-70)63-54(79)43(30(7)14-2)65-49(74)37(18-6)27-36-23-20-19-21-24-36/h19-21,23-24,30-35,37-41,43-47,70-71H,13-18,22,25-29H2,1-12H3,(H2,59,72)(H,60,82)(H,61,73)(H,62,77)(H,63,79)(H,64,80)(H,65,74)(H,66,76)(H,67,81)(H,68,75)(H,69,78)/t30-,31-,32+,33-,34-,35-,37+,38-,39+,40-,41-,43-,44-,45+,46-,47+/m0/s1. The number of ether oxygens (including phenoxy) is 1. The summed E-state index contributed by atoms with van der Waals surface area (Å²) in [5.41, 5.74) is 6.37. The van der Waals surface area contributed by atoms with Crippen molar-refractivity contribution in [2.75, 3.05) is 13.2 Å². The van der Waals surface area contributed by atoms with Crippen LogP contribution in [-0.4, -0.2) is 161 Å². The summed E-state index contributed by atoms with van der Waals surface area (Å²) in [5.74, 6) is -13.1. The summed E-state index contributed by atoms with van der Waals surface area (Å²) in [5, 5.41) is 46.5. The molecule has 1 aliphatic heterocycles. The third-order valence-corrected chi connectivity index (χ3v) is 15.6. The van der Waals surface area contributed by atoms with Crippen molar-refractivity contribution < 1.29 is 72.5 Å². The lowest BCUT2D eigenvalue weighted by atomic mass is 9.93.